The van der Waals surface area contributed by atoms with E-state index in [9.17, 15) is 14.0 Å². The van der Waals surface area contributed by atoms with Crippen molar-refractivity contribution in [2.45, 2.75) is 0 Å². The molecule has 0 bridgehead atoms. The van der Waals surface area contributed by atoms with Crippen molar-refractivity contribution in [3.05, 3.63) is 94.9 Å². The Balaban J connectivity index is 1.47. The fraction of sp³-hybridized carbons (Fsp3) is 0.0769. The number of ether oxygens (including phenoxy) is 1. The normalized spacial score (nSPS) is 10.9. The molecule has 0 atom stereocenters. The van der Waals surface area contributed by atoms with Gasteiger partial charge in [0.1, 0.15) is 5.75 Å². The Kier molecular flexibility index (Phi) is 5.91. The number of benzene rings is 2. The van der Waals surface area contributed by atoms with E-state index >= 15 is 0 Å². The fourth-order valence-electron chi connectivity index (χ4n) is 3.93. The van der Waals surface area contributed by atoms with Gasteiger partial charge in [-0.1, -0.05) is 18.2 Å². The van der Waals surface area contributed by atoms with Crippen LogP contribution in [0.5, 0.6) is 5.75 Å². The molecule has 3 N–H and O–H groups in total. The maximum absolute atomic E-state index is 14.7. The van der Waals surface area contributed by atoms with Gasteiger partial charge in [0.25, 0.3) is 5.91 Å². The van der Waals surface area contributed by atoms with E-state index in [1.54, 1.807) is 6.20 Å². The molecule has 9 nitrogen and oxygen atoms in total. The topological polar surface area (TPSA) is 114 Å². The van der Waals surface area contributed by atoms with Crippen LogP contribution in [0.1, 0.15) is 10.4 Å². The van der Waals surface area contributed by atoms with Gasteiger partial charge < -0.3 is 24.9 Å². The van der Waals surface area contributed by atoms with Crippen molar-refractivity contribution in [3.8, 4) is 17.0 Å². The number of fused-ring (bicyclic) bond motifs is 1. The highest BCUT2D eigenvalue weighted by atomic mass is 19.1. The van der Waals surface area contributed by atoms with Crippen molar-refractivity contribution in [2.75, 3.05) is 17.7 Å². The number of halogens is 1. The van der Waals surface area contributed by atoms with E-state index in [1.165, 1.54) is 25.4 Å². The Morgan fingerprint density at radius 3 is 2.75 bits per heavy atom. The minimum absolute atomic E-state index is 0.0922. The highest BCUT2D eigenvalue weighted by molar-refractivity contribution is 6.04. The van der Waals surface area contributed by atoms with E-state index in [-0.39, 0.29) is 22.9 Å². The molecule has 0 unspecified atom stereocenters. The van der Waals surface area contributed by atoms with E-state index in [2.05, 4.69) is 25.6 Å². The Labute approximate surface area is 204 Å². The van der Waals surface area contributed by atoms with Crippen molar-refractivity contribution in [3.63, 3.8) is 0 Å². The van der Waals surface area contributed by atoms with E-state index in [0.717, 1.165) is 28.6 Å². The van der Waals surface area contributed by atoms with Crippen molar-refractivity contribution in [2.24, 2.45) is 7.05 Å². The standard InChI is InChI=1S/C26H21FN6O3/c1-33-14-17(16-5-3-4-6-22(16)33)19-8-10-29-26(31-19)32-21-13-20(18(27)12-23(21)36-2)30-25(35)15-7-9-28-24(34)11-15/h3-14H,1-2H3,(H,28,34)(H,30,35)(H,29,31,32). The third-order valence-electron chi connectivity index (χ3n) is 5.65. The number of H-pyrrole nitrogens is 1. The van der Waals surface area contributed by atoms with Crippen LogP contribution < -0.4 is 20.9 Å². The Morgan fingerprint density at radius 2 is 1.94 bits per heavy atom. The molecule has 0 radical (unpaired) electrons. The SMILES string of the molecule is COc1cc(F)c(NC(=O)c2cc[nH]c(=O)c2)cc1Nc1nccc(-c2cn(C)c3ccccc23)n1. The third-order valence-corrected chi connectivity index (χ3v) is 5.65. The number of hydrogen-bond acceptors (Lipinski definition) is 6. The zero-order valence-corrected chi connectivity index (χ0v) is 19.4. The summed E-state index contributed by atoms with van der Waals surface area (Å²) in [6.45, 7) is 0. The van der Waals surface area contributed by atoms with Crippen LogP contribution in [0.2, 0.25) is 0 Å². The molecule has 36 heavy (non-hydrogen) atoms. The lowest BCUT2D eigenvalue weighted by molar-refractivity contribution is 0.102. The monoisotopic (exact) mass is 484 g/mol. The van der Waals surface area contributed by atoms with E-state index in [1.807, 2.05) is 48.1 Å². The van der Waals surface area contributed by atoms with Gasteiger partial charge in [0.2, 0.25) is 11.5 Å². The Morgan fingerprint density at radius 1 is 1.11 bits per heavy atom. The van der Waals surface area contributed by atoms with Gasteiger partial charge in [0.15, 0.2) is 5.82 Å². The number of aryl methyl sites for hydroxylation is 1. The first-order valence-corrected chi connectivity index (χ1v) is 10.9. The quantitative estimate of drug-likeness (QED) is 0.328. The Hall–Kier alpha value is -4.99. The van der Waals surface area contributed by atoms with Crippen LogP contribution in [0.3, 0.4) is 0 Å². The number of anilines is 3. The van der Waals surface area contributed by atoms with Crippen LogP contribution in [0.4, 0.5) is 21.7 Å². The Bertz CT molecular complexity index is 1660. The number of hydrogen-bond donors (Lipinski definition) is 3. The van der Waals surface area contributed by atoms with Gasteiger partial charge in [-0.25, -0.2) is 14.4 Å². The van der Waals surface area contributed by atoms with Crippen molar-refractivity contribution in [1.82, 2.24) is 19.5 Å². The zero-order valence-electron chi connectivity index (χ0n) is 19.4. The predicted octanol–water partition coefficient (Wildman–Crippen LogP) is 4.47. The number of carbonyl (C=O) groups is 1. The number of aromatic nitrogens is 4. The summed E-state index contributed by atoms with van der Waals surface area (Å²) in [5, 5.41) is 6.59. The second-order valence-corrected chi connectivity index (χ2v) is 7.99. The van der Waals surface area contributed by atoms with Gasteiger partial charge in [0.05, 0.1) is 24.2 Å². The molecule has 2 aromatic carbocycles. The molecule has 0 aliphatic carbocycles. The largest absolute Gasteiger partial charge is 0.494 e. The van der Waals surface area contributed by atoms with Crippen LogP contribution in [-0.4, -0.2) is 32.5 Å². The summed E-state index contributed by atoms with van der Waals surface area (Å²) >= 11 is 0. The first-order valence-electron chi connectivity index (χ1n) is 10.9. The first-order chi connectivity index (χ1) is 17.4. The number of nitrogens with zero attached hydrogens (tertiary/aromatic N) is 3. The number of methoxy groups -OCH3 is 1. The molecule has 0 aliphatic heterocycles. The number of carbonyl (C=O) groups excluding carboxylic acids is 1. The zero-order chi connectivity index (χ0) is 25.2. The molecule has 0 aliphatic rings. The van der Waals surface area contributed by atoms with Crippen LogP contribution in [0, 0.1) is 5.82 Å². The van der Waals surface area contributed by atoms with Crippen LogP contribution in [0.25, 0.3) is 22.2 Å². The molecular weight excluding hydrogens is 463 g/mol. The van der Waals surface area contributed by atoms with Crippen LogP contribution in [0.15, 0.2) is 78.0 Å². The minimum Gasteiger partial charge on any atom is -0.494 e. The molecule has 5 rings (SSSR count). The number of pyridine rings is 1. The smallest absolute Gasteiger partial charge is 0.255 e. The molecule has 0 saturated heterocycles. The summed E-state index contributed by atoms with van der Waals surface area (Å²) in [5.41, 5.74) is 2.60. The molecule has 1 amide bonds. The summed E-state index contributed by atoms with van der Waals surface area (Å²) in [6.07, 6.45) is 4.96. The molecule has 0 fully saturated rings. The number of nitrogens with one attached hydrogen (secondary N) is 3. The van der Waals surface area contributed by atoms with Gasteiger partial charge >= 0.3 is 0 Å². The van der Waals surface area contributed by atoms with Gasteiger partial charge in [-0.05, 0) is 24.3 Å². The molecule has 3 aromatic heterocycles. The minimum atomic E-state index is -0.707. The van der Waals surface area contributed by atoms with Gasteiger partial charge in [-0.2, -0.15) is 0 Å². The summed E-state index contributed by atoms with van der Waals surface area (Å²) in [5.74, 6) is -0.885. The highest BCUT2D eigenvalue weighted by Gasteiger charge is 2.16. The molecule has 180 valence electrons. The molecule has 5 aromatic rings. The summed E-state index contributed by atoms with van der Waals surface area (Å²) in [7, 11) is 3.37. The summed E-state index contributed by atoms with van der Waals surface area (Å²) in [4.78, 5) is 35.4. The van der Waals surface area contributed by atoms with Crippen LogP contribution in [-0.2, 0) is 7.05 Å². The summed E-state index contributed by atoms with van der Waals surface area (Å²) < 4.78 is 22.1. The lowest BCUT2D eigenvalue weighted by atomic mass is 10.1. The number of amides is 1. The summed E-state index contributed by atoms with van der Waals surface area (Å²) in [6, 6.07) is 14.9. The highest BCUT2D eigenvalue weighted by Crippen LogP contribution is 2.34. The molecule has 10 heteroatoms. The van der Waals surface area contributed by atoms with Crippen molar-refractivity contribution < 1.29 is 13.9 Å². The molecule has 0 saturated carbocycles. The lowest BCUT2D eigenvalue weighted by Crippen LogP contribution is -2.16. The maximum atomic E-state index is 14.7. The lowest BCUT2D eigenvalue weighted by Gasteiger charge is -2.14. The number of rotatable bonds is 6. The average molecular weight is 484 g/mol. The van der Waals surface area contributed by atoms with Gasteiger partial charge in [0, 0.05) is 59.8 Å². The maximum Gasteiger partial charge on any atom is 0.255 e. The average Bonchev–Trinajstić information content (AvgIpc) is 3.22. The van der Waals surface area contributed by atoms with E-state index in [4.69, 9.17) is 4.74 Å². The number of aromatic amines is 1. The van der Waals surface area contributed by atoms with Crippen molar-refractivity contribution in [1.29, 1.82) is 0 Å². The van der Waals surface area contributed by atoms with Crippen LogP contribution >= 0.6 is 0 Å². The van der Waals surface area contributed by atoms with Crippen molar-refractivity contribution >= 4 is 34.1 Å². The van der Waals surface area contributed by atoms with E-state index in [0.29, 0.717) is 11.4 Å². The fourth-order valence-corrected chi connectivity index (χ4v) is 3.93. The molecular formula is C26H21FN6O3. The predicted molar refractivity (Wildman–Crippen MR) is 135 cm³/mol. The third kappa shape index (κ3) is 4.39. The second kappa shape index (κ2) is 9.34. The number of para-hydroxylation sites is 1. The van der Waals surface area contributed by atoms with Gasteiger partial charge in [-0.3, -0.25) is 9.59 Å². The molecule has 3 heterocycles. The van der Waals surface area contributed by atoms with Gasteiger partial charge in [-0.15, -0.1) is 0 Å². The first kappa shape index (κ1) is 22.8. The van der Waals surface area contributed by atoms with E-state index < -0.39 is 17.3 Å². The second-order valence-electron chi connectivity index (χ2n) is 7.99. The molecule has 0 spiro atoms.